The number of unbranched alkanes of at least 4 members (excludes halogenated alkanes) is 1. The minimum atomic E-state index is -3.63. The molecular formula is C23H31ClN2O4S. The van der Waals surface area contributed by atoms with Crippen LogP contribution in [0.1, 0.15) is 55.0 Å². The fourth-order valence-electron chi connectivity index (χ4n) is 3.19. The zero-order chi connectivity index (χ0) is 23.2. The molecule has 6 nitrogen and oxygen atoms in total. The molecule has 0 spiro atoms. The van der Waals surface area contributed by atoms with Crippen LogP contribution in [-0.2, 0) is 14.8 Å². The Morgan fingerprint density at radius 2 is 1.77 bits per heavy atom. The van der Waals surface area contributed by atoms with Gasteiger partial charge in [-0.3, -0.25) is 4.79 Å². The highest BCUT2D eigenvalue weighted by Gasteiger charge is 2.17. The quantitative estimate of drug-likeness (QED) is 0.501. The number of sulfonamides is 1. The minimum Gasteiger partial charge on any atom is -0.482 e. The first kappa shape index (κ1) is 25.2. The molecule has 8 heteroatoms. The summed E-state index contributed by atoms with van der Waals surface area (Å²) < 4.78 is 32.6. The molecule has 0 aromatic heterocycles. The zero-order valence-electron chi connectivity index (χ0n) is 18.7. The van der Waals surface area contributed by atoms with E-state index in [1.165, 1.54) is 29.3 Å². The normalized spacial score (nSPS) is 12.5. The monoisotopic (exact) mass is 466 g/mol. The van der Waals surface area contributed by atoms with Gasteiger partial charge in [-0.2, -0.15) is 0 Å². The Morgan fingerprint density at radius 1 is 1.10 bits per heavy atom. The molecule has 0 saturated carbocycles. The predicted molar refractivity (Wildman–Crippen MR) is 124 cm³/mol. The van der Waals surface area contributed by atoms with Crippen LogP contribution in [0.25, 0.3) is 0 Å². The van der Waals surface area contributed by atoms with Crippen molar-refractivity contribution in [3.05, 3.63) is 57.6 Å². The fourth-order valence-corrected chi connectivity index (χ4v) is 4.59. The predicted octanol–water partition coefficient (Wildman–Crippen LogP) is 4.60. The van der Waals surface area contributed by atoms with Crippen molar-refractivity contribution < 1.29 is 17.9 Å². The molecular weight excluding hydrogens is 436 g/mol. The molecule has 0 unspecified atom stereocenters. The molecule has 0 heterocycles. The van der Waals surface area contributed by atoms with Gasteiger partial charge in [0, 0.05) is 6.54 Å². The molecule has 2 rings (SSSR count). The molecule has 2 N–H and O–H groups in total. The highest BCUT2D eigenvalue weighted by atomic mass is 35.5. The minimum absolute atomic E-state index is 0.0595. The van der Waals surface area contributed by atoms with Crippen LogP contribution in [0.5, 0.6) is 5.75 Å². The van der Waals surface area contributed by atoms with Crippen molar-refractivity contribution in [2.75, 3.05) is 13.2 Å². The molecule has 170 valence electrons. The van der Waals surface area contributed by atoms with E-state index in [1.807, 2.05) is 27.7 Å². The highest BCUT2D eigenvalue weighted by molar-refractivity contribution is 7.89. The molecule has 2 aromatic carbocycles. The van der Waals surface area contributed by atoms with E-state index in [2.05, 4.69) is 29.1 Å². The van der Waals surface area contributed by atoms with Crippen LogP contribution in [0.15, 0.2) is 35.2 Å². The summed E-state index contributed by atoms with van der Waals surface area (Å²) in [4.78, 5) is 12.4. The number of hydrogen-bond donors (Lipinski definition) is 2. The van der Waals surface area contributed by atoms with Gasteiger partial charge in [0.1, 0.15) is 5.75 Å². The second kappa shape index (κ2) is 11.0. The zero-order valence-corrected chi connectivity index (χ0v) is 20.3. The molecule has 1 amide bonds. The number of ether oxygens (including phenoxy) is 1. The molecule has 0 radical (unpaired) electrons. The number of carbonyl (C=O) groups is 1. The first-order valence-corrected chi connectivity index (χ1v) is 12.2. The van der Waals surface area contributed by atoms with Crippen LogP contribution in [0.3, 0.4) is 0 Å². The topological polar surface area (TPSA) is 84.5 Å². The Bertz CT molecular complexity index is 1040. The summed E-state index contributed by atoms with van der Waals surface area (Å²) in [5.74, 6) is -0.0431. The number of amides is 1. The largest absolute Gasteiger partial charge is 0.482 e. The van der Waals surface area contributed by atoms with Crippen molar-refractivity contribution in [1.82, 2.24) is 10.0 Å². The summed E-state index contributed by atoms with van der Waals surface area (Å²) in [6, 6.07) is 8.21. The smallest absolute Gasteiger partial charge is 0.258 e. The van der Waals surface area contributed by atoms with Crippen molar-refractivity contribution in [3.8, 4) is 5.75 Å². The second-order valence-corrected chi connectivity index (χ2v) is 9.89. The number of hydrogen-bond acceptors (Lipinski definition) is 4. The van der Waals surface area contributed by atoms with Gasteiger partial charge in [0.05, 0.1) is 16.0 Å². The third-order valence-corrected chi connectivity index (χ3v) is 6.88. The second-order valence-electron chi connectivity index (χ2n) is 7.71. The maximum Gasteiger partial charge on any atom is 0.258 e. The van der Waals surface area contributed by atoms with Crippen molar-refractivity contribution in [2.24, 2.45) is 0 Å². The van der Waals surface area contributed by atoms with Crippen molar-refractivity contribution in [2.45, 2.75) is 58.4 Å². The third-order valence-electron chi connectivity index (χ3n) is 5.12. The molecule has 1 atom stereocenters. The van der Waals surface area contributed by atoms with Gasteiger partial charge >= 0.3 is 0 Å². The number of rotatable bonds is 10. The van der Waals surface area contributed by atoms with E-state index < -0.39 is 10.0 Å². The van der Waals surface area contributed by atoms with Gasteiger partial charge < -0.3 is 10.1 Å². The summed E-state index contributed by atoms with van der Waals surface area (Å²) in [6.07, 6.45) is 1.64. The van der Waals surface area contributed by atoms with Gasteiger partial charge in [-0.25, -0.2) is 13.1 Å². The first-order chi connectivity index (χ1) is 14.5. The lowest BCUT2D eigenvalue weighted by atomic mass is 9.96. The molecule has 0 aliphatic heterocycles. The fraction of sp³-hybridized carbons (Fsp3) is 0.435. The van der Waals surface area contributed by atoms with Gasteiger partial charge in [-0.05, 0) is 74.6 Å². The maximum absolute atomic E-state index is 12.4. The van der Waals surface area contributed by atoms with Gasteiger partial charge in [0.25, 0.3) is 5.91 Å². The van der Waals surface area contributed by atoms with E-state index in [0.717, 1.165) is 24.0 Å². The van der Waals surface area contributed by atoms with Crippen LogP contribution < -0.4 is 14.8 Å². The SMILES string of the molecule is CCCCNS(=O)(=O)c1ccc(OCC(=O)N[C@H](C)c2cc(C)c(C)cc2C)c(Cl)c1. The van der Waals surface area contributed by atoms with Gasteiger partial charge in [-0.15, -0.1) is 0 Å². The van der Waals surface area contributed by atoms with Gasteiger partial charge in [0.2, 0.25) is 10.0 Å². The average Bonchev–Trinajstić information content (AvgIpc) is 2.69. The van der Waals surface area contributed by atoms with E-state index >= 15 is 0 Å². The van der Waals surface area contributed by atoms with Crippen molar-refractivity contribution in [3.63, 3.8) is 0 Å². The lowest BCUT2D eigenvalue weighted by molar-refractivity contribution is -0.123. The number of benzene rings is 2. The number of nitrogens with one attached hydrogen (secondary N) is 2. The molecule has 0 aliphatic rings. The lowest BCUT2D eigenvalue weighted by Gasteiger charge is -2.19. The Kier molecular flexibility index (Phi) is 8.91. The van der Waals surface area contributed by atoms with Crippen LogP contribution in [0, 0.1) is 20.8 Å². The molecule has 0 fully saturated rings. The summed E-state index contributed by atoms with van der Waals surface area (Å²) in [5, 5.41) is 3.05. The van der Waals surface area contributed by atoms with Crippen molar-refractivity contribution in [1.29, 1.82) is 0 Å². The van der Waals surface area contributed by atoms with Gasteiger partial charge in [0.15, 0.2) is 6.61 Å². The molecule has 2 aromatic rings. The summed E-state index contributed by atoms with van der Waals surface area (Å²) in [5.41, 5.74) is 4.55. The van der Waals surface area contributed by atoms with Crippen LogP contribution in [-0.4, -0.2) is 27.5 Å². The van der Waals surface area contributed by atoms with E-state index in [9.17, 15) is 13.2 Å². The maximum atomic E-state index is 12.4. The summed E-state index contributed by atoms with van der Waals surface area (Å²) >= 11 is 6.19. The lowest BCUT2D eigenvalue weighted by Crippen LogP contribution is -2.31. The summed E-state index contributed by atoms with van der Waals surface area (Å²) in [6.45, 7) is 10.2. The van der Waals surface area contributed by atoms with Crippen LogP contribution in [0.2, 0.25) is 5.02 Å². The van der Waals surface area contributed by atoms with Crippen molar-refractivity contribution >= 4 is 27.5 Å². The molecule has 0 saturated heterocycles. The Labute approximate surface area is 190 Å². The average molecular weight is 467 g/mol. The first-order valence-electron chi connectivity index (χ1n) is 10.3. The highest BCUT2D eigenvalue weighted by Crippen LogP contribution is 2.27. The van der Waals surface area contributed by atoms with E-state index in [-0.39, 0.29) is 34.2 Å². The van der Waals surface area contributed by atoms with E-state index in [0.29, 0.717) is 6.54 Å². The Hall–Kier alpha value is -2.09. The Morgan fingerprint density at radius 3 is 2.42 bits per heavy atom. The standard InChI is InChI=1S/C23H31ClN2O4S/c1-6-7-10-25-31(28,29)19-8-9-22(21(24)13-19)30-14-23(27)26-18(5)20-12-16(3)15(2)11-17(20)4/h8-9,11-13,18,25H,6-7,10,14H2,1-5H3,(H,26,27)/t18-/m1/s1. The molecule has 31 heavy (non-hydrogen) atoms. The Balaban J connectivity index is 1.98. The number of carbonyl (C=O) groups excluding carboxylic acids is 1. The number of aryl methyl sites for hydroxylation is 3. The molecule has 0 aliphatic carbocycles. The van der Waals surface area contributed by atoms with E-state index in [4.69, 9.17) is 16.3 Å². The number of halogens is 1. The van der Waals surface area contributed by atoms with E-state index in [1.54, 1.807) is 0 Å². The van der Waals surface area contributed by atoms with Gasteiger partial charge in [-0.1, -0.05) is 37.1 Å². The van der Waals surface area contributed by atoms with Crippen LogP contribution in [0.4, 0.5) is 0 Å². The van der Waals surface area contributed by atoms with Crippen LogP contribution >= 0.6 is 11.6 Å². The third kappa shape index (κ3) is 6.95. The molecule has 0 bridgehead atoms. The summed E-state index contributed by atoms with van der Waals surface area (Å²) in [7, 11) is -3.63.